The summed E-state index contributed by atoms with van der Waals surface area (Å²) >= 11 is 0. The first-order valence-corrected chi connectivity index (χ1v) is 6.26. The number of primary amides is 1. The molecule has 20 heavy (non-hydrogen) atoms. The van der Waals surface area contributed by atoms with Crippen LogP contribution in [0.4, 0.5) is 0 Å². The van der Waals surface area contributed by atoms with Crippen molar-refractivity contribution in [3.63, 3.8) is 0 Å². The fraction of sp³-hybridized carbons (Fsp3) is 0.0588. The van der Waals surface area contributed by atoms with Gasteiger partial charge in [-0.15, -0.1) is 0 Å². The van der Waals surface area contributed by atoms with Gasteiger partial charge in [0, 0.05) is 11.6 Å². The van der Waals surface area contributed by atoms with Gasteiger partial charge in [-0.1, -0.05) is 42.5 Å². The maximum atomic E-state index is 11.5. The van der Waals surface area contributed by atoms with Gasteiger partial charge in [-0.3, -0.25) is 9.59 Å². The number of benzene rings is 2. The van der Waals surface area contributed by atoms with Gasteiger partial charge in [0.2, 0.25) is 5.91 Å². The van der Waals surface area contributed by atoms with Crippen molar-refractivity contribution in [3.8, 4) is 11.1 Å². The molecule has 0 aliphatic heterocycles. The van der Waals surface area contributed by atoms with Gasteiger partial charge < -0.3 is 5.73 Å². The Kier molecular flexibility index (Phi) is 4.11. The monoisotopic (exact) mass is 265 g/mol. The quantitative estimate of drug-likeness (QED) is 0.682. The van der Waals surface area contributed by atoms with E-state index in [1.165, 1.54) is 13.0 Å². The number of hydrogen-bond donors (Lipinski definition) is 1. The molecule has 0 bridgehead atoms. The lowest BCUT2D eigenvalue weighted by Crippen LogP contribution is -2.05. The smallest absolute Gasteiger partial charge is 0.241 e. The Morgan fingerprint density at radius 2 is 1.80 bits per heavy atom. The first-order chi connectivity index (χ1) is 9.58. The Morgan fingerprint density at radius 3 is 2.50 bits per heavy atom. The van der Waals surface area contributed by atoms with Gasteiger partial charge in [-0.05, 0) is 35.8 Å². The molecule has 0 aliphatic rings. The van der Waals surface area contributed by atoms with Gasteiger partial charge in [0.15, 0.2) is 5.78 Å². The summed E-state index contributed by atoms with van der Waals surface area (Å²) in [7, 11) is 0. The molecule has 0 fully saturated rings. The molecule has 0 radical (unpaired) electrons. The lowest BCUT2D eigenvalue weighted by molar-refractivity contribution is -0.113. The third-order valence-corrected chi connectivity index (χ3v) is 2.97. The number of carbonyl (C=O) groups is 2. The maximum Gasteiger partial charge on any atom is 0.241 e. The molecule has 0 spiro atoms. The summed E-state index contributed by atoms with van der Waals surface area (Å²) in [5.41, 5.74) is 8.55. The van der Waals surface area contributed by atoms with Crippen LogP contribution in [0.1, 0.15) is 22.8 Å². The summed E-state index contributed by atoms with van der Waals surface area (Å²) in [4.78, 5) is 22.3. The van der Waals surface area contributed by atoms with E-state index in [9.17, 15) is 9.59 Å². The minimum atomic E-state index is -0.489. The minimum absolute atomic E-state index is 0.0250. The minimum Gasteiger partial charge on any atom is -0.366 e. The van der Waals surface area contributed by atoms with E-state index in [4.69, 9.17) is 5.73 Å². The number of rotatable bonds is 4. The van der Waals surface area contributed by atoms with Crippen molar-refractivity contribution < 1.29 is 9.59 Å². The van der Waals surface area contributed by atoms with Crippen molar-refractivity contribution in [1.29, 1.82) is 0 Å². The van der Waals surface area contributed by atoms with Crippen molar-refractivity contribution in [3.05, 3.63) is 65.7 Å². The molecule has 0 aliphatic carbocycles. The van der Waals surface area contributed by atoms with Gasteiger partial charge in [-0.2, -0.15) is 0 Å². The lowest BCUT2D eigenvalue weighted by atomic mass is 9.97. The summed E-state index contributed by atoms with van der Waals surface area (Å²) in [5, 5.41) is 0. The van der Waals surface area contributed by atoms with Crippen LogP contribution in [0, 0.1) is 0 Å². The molecule has 2 N–H and O–H groups in total. The standard InChI is InChI=1S/C17H15NO2/c1-12(19)14-6-4-7-15(11-14)16-8-3-2-5-13(16)9-10-17(18)20/h2-11H,1H3,(H2,18,20)/b10-9+. The second-order valence-corrected chi connectivity index (χ2v) is 4.46. The number of amides is 1. The van der Waals surface area contributed by atoms with Crippen LogP contribution >= 0.6 is 0 Å². The Balaban J connectivity index is 2.50. The fourth-order valence-corrected chi connectivity index (χ4v) is 1.98. The van der Waals surface area contributed by atoms with Crippen LogP contribution in [0.25, 0.3) is 17.2 Å². The number of carbonyl (C=O) groups excluding carboxylic acids is 2. The van der Waals surface area contributed by atoms with Crippen LogP contribution in [0.5, 0.6) is 0 Å². The molecule has 100 valence electrons. The predicted octanol–water partition coefficient (Wildman–Crippen LogP) is 3.05. The van der Waals surface area contributed by atoms with Crippen molar-refractivity contribution in [2.75, 3.05) is 0 Å². The van der Waals surface area contributed by atoms with Crippen molar-refractivity contribution in [2.24, 2.45) is 5.73 Å². The highest BCUT2D eigenvalue weighted by atomic mass is 16.1. The second kappa shape index (κ2) is 5.97. The normalized spacial score (nSPS) is 10.7. The van der Waals surface area contributed by atoms with E-state index in [0.717, 1.165) is 16.7 Å². The first-order valence-electron chi connectivity index (χ1n) is 6.26. The molecular formula is C17H15NO2. The molecule has 0 saturated carbocycles. The number of Topliss-reactive ketones (excluding diaryl/α,β-unsaturated/α-hetero) is 1. The Hall–Kier alpha value is -2.68. The third-order valence-electron chi connectivity index (χ3n) is 2.97. The topological polar surface area (TPSA) is 60.2 Å². The maximum absolute atomic E-state index is 11.5. The zero-order valence-corrected chi connectivity index (χ0v) is 11.2. The molecule has 2 rings (SSSR count). The van der Waals surface area contributed by atoms with Gasteiger partial charge >= 0.3 is 0 Å². The first kappa shape index (κ1) is 13.7. The highest BCUT2D eigenvalue weighted by molar-refractivity contribution is 5.96. The average Bonchev–Trinajstić information content (AvgIpc) is 2.45. The Labute approximate surface area is 117 Å². The third kappa shape index (κ3) is 3.20. The summed E-state index contributed by atoms with van der Waals surface area (Å²) in [6.45, 7) is 1.54. The molecule has 2 aromatic rings. The molecule has 3 heteroatoms. The largest absolute Gasteiger partial charge is 0.366 e. The zero-order valence-electron chi connectivity index (χ0n) is 11.2. The summed E-state index contributed by atoms with van der Waals surface area (Å²) in [5.74, 6) is -0.464. The molecule has 0 unspecified atom stereocenters. The van der Waals surface area contributed by atoms with Crippen LogP contribution in [-0.4, -0.2) is 11.7 Å². The van der Waals surface area contributed by atoms with Gasteiger partial charge in [0.05, 0.1) is 0 Å². The van der Waals surface area contributed by atoms with Crippen molar-refractivity contribution in [2.45, 2.75) is 6.92 Å². The van der Waals surface area contributed by atoms with E-state index < -0.39 is 5.91 Å². The predicted molar refractivity (Wildman–Crippen MR) is 80.1 cm³/mol. The number of hydrogen-bond acceptors (Lipinski definition) is 2. The van der Waals surface area contributed by atoms with Gasteiger partial charge in [0.1, 0.15) is 0 Å². The van der Waals surface area contributed by atoms with E-state index in [1.807, 2.05) is 42.5 Å². The molecule has 0 heterocycles. The zero-order chi connectivity index (χ0) is 14.5. The van der Waals surface area contributed by atoms with E-state index in [0.29, 0.717) is 5.56 Å². The van der Waals surface area contributed by atoms with E-state index in [2.05, 4.69) is 0 Å². The van der Waals surface area contributed by atoms with Crippen LogP contribution < -0.4 is 5.73 Å². The summed E-state index contributed by atoms with van der Waals surface area (Å²) in [6.07, 6.45) is 3.01. The van der Waals surface area contributed by atoms with E-state index in [-0.39, 0.29) is 5.78 Å². The molecular weight excluding hydrogens is 250 g/mol. The molecule has 1 amide bonds. The molecule has 0 atom stereocenters. The average molecular weight is 265 g/mol. The van der Waals surface area contributed by atoms with E-state index >= 15 is 0 Å². The van der Waals surface area contributed by atoms with Crippen molar-refractivity contribution >= 4 is 17.8 Å². The molecule has 0 aromatic heterocycles. The van der Waals surface area contributed by atoms with Gasteiger partial charge in [-0.25, -0.2) is 0 Å². The molecule has 3 nitrogen and oxygen atoms in total. The van der Waals surface area contributed by atoms with E-state index in [1.54, 1.807) is 12.1 Å². The van der Waals surface area contributed by atoms with Gasteiger partial charge in [0.25, 0.3) is 0 Å². The number of ketones is 1. The Bertz CT molecular complexity index is 687. The molecule has 2 aromatic carbocycles. The molecule has 0 saturated heterocycles. The highest BCUT2D eigenvalue weighted by Gasteiger charge is 2.05. The SMILES string of the molecule is CC(=O)c1cccc(-c2ccccc2/C=C/C(N)=O)c1. The highest BCUT2D eigenvalue weighted by Crippen LogP contribution is 2.25. The summed E-state index contributed by atoms with van der Waals surface area (Å²) < 4.78 is 0. The summed E-state index contributed by atoms with van der Waals surface area (Å²) in [6, 6.07) is 15.1. The Morgan fingerprint density at radius 1 is 1.05 bits per heavy atom. The number of nitrogens with two attached hydrogens (primary N) is 1. The lowest BCUT2D eigenvalue weighted by Gasteiger charge is -2.07. The van der Waals surface area contributed by atoms with Crippen LogP contribution in [-0.2, 0) is 4.79 Å². The van der Waals surface area contributed by atoms with Crippen LogP contribution in [0.3, 0.4) is 0 Å². The fourth-order valence-electron chi connectivity index (χ4n) is 1.98. The van der Waals surface area contributed by atoms with Crippen LogP contribution in [0.15, 0.2) is 54.6 Å². The van der Waals surface area contributed by atoms with Crippen LogP contribution in [0.2, 0.25) is 0 Å². The second-order valence-electron chi connectivity index (χ2n) is 4.46. The van der Waals surface area contributed by atoms with Crippen molar-refractivity contribution in [1.82, 2.24) is 0 Å².